The highest BCUT2D eigenvalue weighted by Gasteiger charge is 2.16. The Kier molecular flexibility index (Phi) is 4.91. The molecular formula is C11H5Cl2IN4O3. The van der Waals surface area contributed by atoms with E-state index in [4.69, 9.17) is 23.2 Å². The molecule has 0 aliphatic rings. The number of carbonyl (C=O) groups excluding carboxylic acids is 1. The Balaban J connectivity index is 2.31. The average Bonchev–Trinajstić information content (AvgIpc) is 2.37. The third-order valence-electron chi connectivity index (χ3n) is 2.31. The molecule has 0 saturated carbocycles. The predicted octanol–water partition coefficient (Wildman–Crippen LogP) is 3.55. The van der Waals surface area contributed by atoms with Crippen molar-refractivity contribution in [2.45, 2.75) is 0 Å². The number of nitrogens with zero attached hydrogens (tertiary/aromatic N) is 3. The number of non-ortho nitro benzene ring substituents is 1. The van der Waals surface area contributed by atoms with Crippen molar-refractivity contribution >= 4 is 63.2 Å². The molecule has 1 aromatic carbocycles. The number of hydrogen-bond donors (Lipinski definition) is 1. The Morgan fingerprint density at radius 3 is 2.62 bits per heavy atom. The Labute approximate surface area is 142 Å². The fourth-order valence-corrected chi connectivity index (χ4v) is 2.43. The molecule has 2 aromatic rings. The van der Waals surface area contributed by atoms with Crippen molar-refractivity contribution in [2.75, 3.05) is 5.32 Å². The molecule has 0 fully saturated rings. The van der Waals surface area contributed by atoms with Crippen LogP contribution in [0, 0.1) is 13.7 Å². The molecule has 1 N–H and O–H groups in total. The van der Waals surface area contributed by atoms with Crippen molar-refractivity contribution in [1.82, 2.24) is 9.97 Å². The standard InChI is InChI=1S/C11H5Cl2IN4O3/c12-8-4-9(17-11(13)15-8)16-10(19)6-3-5(18(20)21)1-2-7(6)14/h1-4H,(H,15,16,17,19). The summed E-state index contributed by atoms with van der Waals surface area (Å²) in [6.45, 7) is 0. The first-order valence-corrected chi connectivity index (χ1v) is 7.15. The minimum atomic E-state index is -0.578. The molecule has 0 saturated heterocycles. The van der Waals surface area contributed by atoms with Gasteiger partial charge < -0.3 is 5.32 Å². The summed E-state index contributed by atoms with van der Waals surface area (Å²) < 4.78 is 0.557. The summed E-state index contributed by atoms with van der Waals surface area (Å²) in [6.07, 6.45) is 0. The Morgan fingerprint density at radius 2 is 2.00 bits per heavy atom. The van der Waals surface area contributed by atoms with Crippen molar-refractivity contribution < 1.29 is 9.72 Å². The van der Waals surface area contributed by atoms with Crippen LogP contribution >= 0.6 is 45.8 Å². The van der Waals surface area contributed by atoms with Crippen molar-refractivity contribution in [3.63, 3.8) is 0 Å². The quantitative estimate of drug-likeness (QED) is 0.260. The highest BCUT2D eigenvalue weighted by molar-refractivity contribution is 14.1. The number of nitro groups is 1. The molecule has 2 rings (SSSR count). The van der Waals surface area contributed by atoms with Crippen LogP contribution in [0.25, 0.3) is 0 Å². The van der Waals surface area contributed by atoms with Crippen LogP contribution in [0.15, 0.2) is 24.3 Å². The smallest absolute Gasteiger partial charge is 0.270 e. The van der Waals surface area contributed by atoms with Crippen LogP contribution in [-0.4, -0.2) is 20.8 Å². The van der Waals surface area contributed by atoms with E-state index in [1.807, 2.05) is 22.6 Å². The third kappa shape index (κ3) is 3.99. The van der Waals surface area contributed by atoms with Crippen LogP contribution in [0.2, 0.25) is 10.4 Å². The first-order chi connectivity index (χ1) is 9.86. The maximum Gasteiger partial charge on any atom is 0.270 e. The lowest BCUT2D eigenvalue weighted by molar-refractivity contribution is -0.384. The van der Waals surface area contributed by atoms with Gasteiger partial charge in [0.15, 0.2) is 0 Å². The van der Waals surface area contributed by atoms with Gasteiger partial charge in [0.1, 0.15) is 11.0 Å². The molecule has 0 spiro atoms. The Morgan fingerprint density at radius 1 is 1.29 bits per heavy atom. The second-order valence-electron chi connectivity index (χ2n) is 3.72. The van der Waals surface area contributed by atoms with Crippen LogP contribution in [0.1, 0.15) is 10.4 Å². The summed E-state index contributed by atoms with van der Waals surface area (Å²) in [6, 6.07) is 5.29. The first-order valence-electron chi connectivity index (χ1n) is 5.32. The van der Waals surface area contributed by atoms with Crippen LogP contribution < -0.4 is 5.32 Å². The maximum absolute atomic E-state index is 12.1. The van der Waals surface area contributed by atoms with Gasteiger partial charge in [-0.1, -0.05) is 11.6 Å². The summed E-state index contributed by atoms with van der Waals surface area (Å²) in [5.41, 5.74) is -0.0324. The molecule has 0 bridgehead atoms. The second kappa shape index (κ2) is 6.50. The molecule has 0 radical (unpaired) electrons. The number of halogens is 3. The molecule has 7 nitrogen and oxygen atoms in total. The van der Waals surface area contributed by atoms with Crippen LogP contribution in [0.5, 0.6) is 0 Å². The highest BCUT2D eigenvalue weighted by Crippen LogP contribution is 2.21. The minimum absolute atomic E-state index is 0.0686. The van der Waals surface area contributed by atoms with E-state index >= 15 is 0 Å². The molecule has 21 heavy (non-hydrogen) atoms. The summed E-state index contributed by atoms with van der Waals surface area (Å²) in [7, 11) is 0. The van der Waals surface area contributed by atoms with E-state index in [0.29, 0.717) is 3.57 Å². The lowest BCUT2D eigenvalue weighted by Crippen LogP contribution is -2.15. The summed E-state index contributed by atoms with van der Waals surface area (Å²) >= 11 is 13.2. The fourth-order valence-electron chi connectivity index (χ4n) is 1.44. The van der Waals surface area contributed by atoms with Crippen LogP contribution in [0.3, 0.4) is 0 Å². The molecule has 1 heterocycles. The van der Waals surface area contributed by atoms with E-state index in [9.17, 15) is 14.9 Å². The molecule has 0 aliphatic heterocycles. The number of rotatable bonds is 3. The normalized spacial score (nSPS) is 10.2. The van der Waals surface area contributed by atoms with Gasteiger partial charge in [0.25, 0.3) is 11.6 Å². The molecule has 0 unspecified atom stereocenters. The number of anilines is 1. The lowest BCUT2D eigenvalue weighted by atomic mass is 10.2. The fraction of sp³-hybridized carbons (Fsp3) is 0. The third-order valence-corrected chi connectivity index (χ3v) is 3.62. The van der Waals surface area contributed by atoms with Crippen LogP contribution in [0.4, 0.5) is 11.5 Å². The van der Waals surface area contributed by atoms with Gasteiger partial charge in [0.05, 0.1) is 10.5 Å². The van der Waals surface area contributed by atoms with Crippen molar-refractivity contribution in [2.24, 2.45) is 0 Å². The Bertz CT molecular complexity index is 721. The number of amides is 1. The van der Waals surface area contributed by atoms with E-state index in [2.05, 4.69) is 15.3 Å². The first kappa shape index (κ1) is 15.9. The molecule has 10 heteroatoms. The van der Waals surface area contributed by atoms with Crippen molar-refractivity contribution in [1.29, 1.82) is 0 Å². The van der Waals surface area contributed by atoms with Gasteiger partial charge >= 0.3 is 0 Å². The number of aromatic nitrogens is 2. The topological polar surface area (TPSA) is 98.0 Å². The summed E-state index contributed by atoms with van der Waals surface area (Å²) in [5, 5.41) is 13.2. The summed E-state index contributed by atoms with van der Waals surface area (Å²) in [5.74, 6) is -0.457. The zero-order valence-electron chi connectivity index (χ0n) is 10.0. The van der Waals surface area contributed by atoms with Gasteiger partial charge in [0, 0.05) is 21.8 Å². The molecule has 0 aliphatic carbocycles. The van der Waals surface area contributed by atoms with Crippen LogP contribution in [-0.2, 0) is 0 Å². The number of benzene rings is 1. The van der Waals surface area contributed by atoms with Gasteiger partial charge in [-0.25, -0.2) is 9.97 Å². The summed E-state index contributed by atoms with van der Waals surface area (Å²) in [4.78, 5) is 29.8. The minimum Gasteiger partial charge on any atom is -0.306 e. The van der Waals surface area contributed by atoms with Gasteiger partial charge in [-0.05, 0) is 40.3 Å². The zero-order valence-corrected chi connectivity index (χ0v) is 13.7. The SMILES string of the molecule is O=C(Nc1cc(Cl)nc(Cl)n1)c1cc([N+](=O)[O-])ccc1I. The van der Waals surface area contributed by atoms with Gasteiger partial charge in [-0.2, -0.15) is 0 Å². The average molecular weight is 439 g/mol. The van der Waals surface area contributed by atoms with Gasteiger partial charge in [-0.3, -0.25) is 14.9 Å². The number of nitrogens with one attached hydrogen (secondary N) is 1. The molecular weight excluding hydrogens is 434 g/mol. The molecule has 0 atom stereocenters. The maximum atomic E-state index is 12.1. The molecule has 1 aromatic heterocycles. The molecule has 108 valence electrons. The lowest BCUT2D eigenvalue weighted by Gasteiger charge is -2.06. The second-order valence-corrected chi connectivity index (χ2v) is 5.61. The predicted molar refractivity (Wildman–Crippen MR) is 85.8 cm³/mol. The molecule has 1 amide bonds. The van der Waals surface area contributed by atoms with E-state index in [1.165, 1.54) is 24.3 Å². The van der Waals surface area contributed by atoms with Crippen molar-refractivity contribution in [3.8, 4) is 0 Å². The van der Waals surface area contributed by atoms with E-state index < -0.39 is 10.8 Å². The van der Waals surface area contributed by atoms with E-state index in [-0.39, 0.29) is 27.5 Å². The highest BCUT2D eigenvalue weighted by atomic mass is 127. The number of hydrogen-bond acceptors (Lipinski definition) is 5. The van der Waals surface area contributed by atoms with Gasteiger partial charge in [-0.15, -0.1) is 0 Å². The number of nitro benzene ring substituents is 1. The van der Waals surface area contributed by atoms with E-state index in [1.54, 1.807) is 0 Å². The number of carbonyl (C=O) groups is 1. The van der Waals surface area contributed by atoms with Crippen molar-refractivity contribution in [3.05, 3.63) is 54.0 Å². The van der Waals surface area contributed by atoms with E-state index in [0.717, 1.165) is 0 Å². The monoisotopic (exact) mass is 438 g/mol. The largest absolute Gasteiger partial charge is 0.306 e. The zero-order chi connectivity index (χ0) is 15.6. The van der Waals surface area contributed by atoms with Gasteiger partial charge in [0.2, 0.25) is 5.28 Å². The Hall–Kier alpha value is -1.52.